The molecule has 1 nitrogen and oxygen atoms in total. The van der Waals surface area contributed by atoms with E-state index < -0.39 is 0 Å². The topological polar surface area (TPSA) is 4.36 Å². The van der Waals surface area contributed by atoms with Gasteiger partial charge in [0.2, 0.25) is 0 Å². The lowest BCUT2D eigenvalue weighted by molar-refractivity contribution is 1.61. The van der Waals surface area contributed by atoms with E-state index in [2.05, 4.69) is 187 Å². The van der Waals surface area contributed by atoms with Crippen molar-refractivity contribution in [1.82, 2.24) is 0 Å². The molecule has 16 aromatic carbocycles. The largest absolute Gasteiger partial charge is 0.238 e. The van der Waals surface area contributed by atoms with Crippen molar-refractivity contribution < 1.29 is 0 Å². The monoisotopic (exact) mass is 825 g/mol. The first-order valence-corrected chi connectivity index (χ1v) is 23.0. The Labute approximate surface area is 377 Å². The summed E-state index contributed by atoms with van der Waals surface area (Å²) in [7, 11) is 0. The van der Waals surface area contributed by atoms with Crippen molar-refractivity contribution >= 4 is 135 Å². The summed E-state index contributed by atoms with van der Waals surface area (Å²) in [5, 5.41) is 31.1. The van der Waals surface area contributed by atoms with Crippen LogP contribution in [-0.2, 0) is 0 Å². The van der Waals surface area contributed by atoms with Gasteiger partial charge in [-0.2, -0.15) is 0 Å². The predicted octanol–water partition coefficient (Wildman–Crippen LogP) is 18.8. The van der Waals surface area contributed by atoms with E-state index in [-0.39, 0.29) is 0 Å². The molecule has 66 heavy (non-hydrogen) atoms. The van der Waals surface area contributed by atoms with Gasteiger partial charge in [0.25, 0.3) is 0 Å². The molecule has 0 bridgehead atoms. The average molecular weight is 826 g/mol. The highest BCUT2D eigenvalue weighted by Gasteiger charge is 2.31. The molecule has 1 heteroatoms. The molecule has 0 spiro atoms. The second-order valence-corrected chi connectivity index (χ2v) is 18.7. The summed E-state index contributed by atoms with van der Waals surface area (Å²) in [5.41, 5.74) is 11.0. The van der Waals surface area contributed by atoms with E-state index in [4.69, 9.17) is 6.57 Å². The number of hydrogen-bond donors (Lipinski definition) is 0. The molecule has 0 aromatic heterocycles. The molecule has 1 aliphatic carbocycles. The first-order valence-electron chi connectivity index (χ1n) is 23.0. The first-order chi connectivity index (χ1) is 32.8. The summed E-state index contributed by atoms with van der Waals surface area (Å²) in [6.07, 6.45) is 0. The zero-order chi connectivity index (χ0) is 42.7. The summed E-state index contributed by atoms with van der Waals surface area (Å²) < 4.78 is 0. The van der Waals surface area contributed by atoms with Crippen molar-refractivity contribution in [2.24, 2.45) is 0 Å². The maximum Gasteiger partial charge on any atom is 0.194 e. The van der Waals surface area contributed by atoms with Crippen molar-refractivity contribution in [3.05, 3.63) is 199 Å². The van der Waals surface area contributed by atoms with Crippen LogP contribution in [0.3, 0.4) is 0 Å². The molecule has 1 aliphatic rings. The van der Waals surface area contributed by atoms with E-state index >= 15 is 0 Å². The fourth-order valence-corrected chi connectivity index (χ4v) is 13.6. The zero-order valence-electron chi connectivity index (χ0n) is 35.3. The Morgan fingerprint density at radius 3 is 1.35 bits per heavy atom. The van der Waals surface area contributed by atoms with Crippen LogP contribution in [0.4, 0.5) is 5.69 Å². The maximum atomic E-state index is 8.12. The Bertz CT molecular complexity index is 4840. The SMILES string of the molecule is [C-]#[N+]c1ccc2c3c1cccc3c1cc3c(-c4ccccc4-c4ccccc4)c4c5ccc6c7ccc8c9c(ccc(c%10ccc(c5c6%10)c4c4c5ccccc5c(c12)c34)c97)-c1ccccc1-8. The van der Waals surface area contributed by atoms with Gasteiger partial charge in [0.05, 0.1) is 6.57 Å². The van der Waals surface area contributed by atoms with Crippen LogP contribution in [0, 0.1) is 6.57 Å². The summed E-state index contributed by atoms with van der Waals surface area (Å²) in [6, 6.07) is 70.8. The number of benzene rings is 13. The summed E-state index contributed by atoms with van der Waals surface area (Å²) >= 11 is 0. The van der Waals surface area contributed by atoms with Crippen molar-refractivity contribution in [1.29, 1.82) is 0 Å². The highest BCUT2D eigenvalue weighted by Crippen LogP contribution is 2.59. The van der Waals surface area contributed by atoms with E-state index in [0.29, 0.717) is 5.69 Å². The number of fused-ring (bicyclic) bond motifs is 16. The van der Waals surface area contributed by atoms with Crippen LogP contribution < -0.4 is 0 Å². The minimum atomic E-state index is 0.705. The van der Waals surface area contributed by atoms with Crippen molar-refractivity contribution in [2.75, 3.05) is 0 Å². The maximum absolute atomic E-state index is 8.12. The highest BCUT2D eigenvalue weighted by atomic mass is 14.6. The minimum absolute atomic E-state index is 0.705. The van der Waals surface area contributed by atoms with E-state index in [1.165, 1.54) is 168 Å². The third-order valence-corrected chi connectivity index (χ3v) is 16.0. The standard InChI is InChI=1S/C65H31N/c1-66-53-31-30-48-54-40(20-11-21-47(53)54)51-32-52-58(37-17-8-5-14-34(37)33-12-3-2-4-13-33)63-49-28-26-45-43-24-22-41-35-15-6-7-16-36(35)42-23-25-44(56(43)55(41)42)46-27-29-50(59(49)57(45)46)64(63)62-39-19-10-9-18-38(39)61(60(48)51)65(52)62/h2-32H. The van der Waals surface area contributed by atoms with Crippen molar-refractivity contribution in [2.45, 2.75) is 0 Å². The van der Waals surface area contributed by atoms with Crippen molar-refractivity contribution in [3.8, 4) is 44.5 Å². The van der Waals surface area contributed by atoms with Gasteiger partial charge in [-0.25, -0.2) is 4.85 Å². The molecule has 16 aromatic rings. The fraction of sp³-hybridized carbons (Fsp3) is 0. The number of nitrogens with zero attached hydrogens (tertiary/aromatic N) is 1. The molecular weight excluding hydrogens is 795 g/mol. The van der Waals surface area contributed by atoms with Crippen molar-refractivity contribution in [3.63, 3.8) is 0 Å². The Kier molecular flexibility index (Phi) is 5.85. The Morgan fingerprint density at radius 1 is 0.227 bits per heavy atom. The lowest BCUT2D eigenvalue weighted by Crippen LogP contribution is -1.89. The Hall–Kier alpha value is -8.83. The van der Waals surface area contributed by atoms with Crippen LogP contribution in [0.5, 0.6) is 0 Å². The molecule has 0 amide bonds. The highest BCUT2D eigenvalue weighted by molar-refractivity contribution is 6.54. The van der Waals surface area contributed by atoms with Crippen LogP contribution in [0.15, 0.2) is 188 Å². The van der Waals surface area contributed by atoms with Gasteiger partial charge < -0.3 is 0 Å². The lowest BCUT2D eigenvalue weighted by Gasteiger charge is -2.17. The van der Waals surface area contributed by atoms with E-state index in [1.54, 1.807) is 0 Å². The summed E-state index contributed by atoms with van der Waals surface area (Å²) in [6.45, 7) is 8.12. The molecule has 0 radical (unpaired) electrons. The van der Waals surface area contributed by atoms with Crippen LogP contribution in [-0.4, -0.2) is 0 Å². The summed E-state index contributed by atoms with van der Waals surface area (Å²) in [4.78, 5) is 4.00. The Balaban J connectivity index is 1.14. The predicted molar refractivity (Wildman–Crippen MR) is 283 cm³/mol. The van der Waals surface area contributed by atoms with Gasteiger partial charge in [-0.05, 0) is 180 Å². The molecule has 0 atom stereocenters. The third-order valence-electron chi connectivity index (χ3n) is 16.0. The molecule has 0 aliphatic heterocycles. The normalized spacial score (nSPS) is 12.8. The van der Waals surface area contributed by atoms with E-state index in [9.17, 15) is 0 Å². The average Bonchev–Trinajstić information content (AvgIpc) is 4.10. The molecule has 0 fully saturated rings. The van der Waals surface area contributed by atoms with E-state index in [1.807, 2.05) is 6.07 Å². The van der Waals surface area contributed by atoms with Gasteiger partial charge in [0, 0.05) is 0 Å². The molecule has 0 saturated heterocycles. The Morgan fingerprint density at radius 2 is 0.652 bits per heavy atom. The van der Waals surface area contributed by atoms with Crippen LogP contribution in [0.1, 0.15) is 0 Å². The molecule has 17 rings (SSSR count). The van der Waals surface area contributed by atoms with Gasteiger partial charge in [0.15, 0.2) is 5.69 Å². The van der Waals surface area contributed by atoms with Gasteiger partial charge in [-0.15, -0.1) is 0 Å². The van der Waals surface area contributed by atoms with Gasteiger partial charge in [-0.3, -0.25) is 0 Å². The van der Waals surface area contributed by atoms with E-state index in [0.717, 1.165) is 5.39 Å². The smallest absolute Gasteiger partial charge is 0.194 e. The second kappa shape index (κ2) is 11.5. The molecule has 0 N–H and O–H groups in total. The van der Waals surface area contributed by atoms with Crippen LogP contribution >= 0.6 is 0 Å². The van der Waals surface area contributed by atoms with Gasteiger partial charge in [0.1, 0.15) is 0 Å². The molecule has 0 unspecified atom stereocenters. The second-order valence-electron chi connectivity index (χ2n) is 18.7. The van der Waals surface area contributed by atoms with Gasteiger partial charge in [-0.1, -0.05) is 182 Å². The van der Waals surface area contributed by atoms with Crippen LogP contribution in [0.2, 0.25) is 0 Å². The quantitative estimate of drug-likeness (QED) is 0.0929. The molecule has 0 heterocycles. The third kappa shape index (κ3) is 3.70. The first kappa shape index (κ1) is 33.7. The minimum Gasteiger partial charge on any atom is -0.238 e. The zero-order valence-corrected chi connectivity index (χ0v) is 35.3. The molecular formula is C65H31N. The van der Waals surface area contributed by atoms with Crippen LogP contribution in [0.25, 0.3) is 179 Å². The fourth-order valence-electron chi connectivity index (χ4n) is 13.6. The lowest BCUT2D eigenvalue weighted by atomic mass is 9.85. The molecule has 296 valence electrons. The number of hydrogen-bond acceptors (Lipinski definition) is 0. The number of rotatable bonds is 2. The van der Waals surface area contributed by atoms with Gasteiger partial charge >= 0.3 is 0 Å². The summed E-state index contributed by atoms with van der Waals surface area (Å²) in [5.74, 6) is 0. The molecule has 0 saturated carbocycles.